The number of nitrogens with two attached hydrogens (primary N) is 1. The lowest BCUT2D eigenvalue weighted by Gasteiger charge is -2.27. The van der Waals surface area contributed by atoms with Crippen LogP contribution in [0.1, 0.15) is 94.3 Å². The number of unbranched alkanes of at least 4 members (excludes halogenated alkanes) is 2. The van der Waals surface area contributed by atoms with Gasteiger partial charge in [0.2, 0.25) is 0 Å². The molecule has 1 saturated heterocycles. The number of allylic oxidation sites excluding steroid dienone is 3. The van der Waals surface area contributed by atoms with Gasteiger partial charge in [0.1, 0.15) is 0 Å². The number of carbonyl (C=O) groups is 2. The Labute approximate surface area is 226 Å². The SMILES string of the molecule is C/C=C1/CC(C(=O)N2CCOCC2)=Cn2c(c(C(C)CC)c3ccc(C(=O)O)cc32)/C1=C/N.CCCCC. The van der Waals surface area contributed by atoms with E-state index in [1.54, 1.807) is 18.3 Å². The Hall–Kier alpha value is -3.32. The maximum Gasteiger partial charge on any atom is 0.335 e. The predicted molar refractivity (Wildman–Crippen MR) is 155 cm³/mol. The summed E-state index contributed by atoms with van der Waals surface area (Å²) in [5, 5.41) is 10.6. The molecule has 1 fully saturated rings. The molecule has 7 nitrogen and oxygen atoms in total. The second-order valence-electron chi connectivity index (χ2n) is 9.96. The summed E-state index contributed by atoms with van der Waals surface area (Å²) in [5.41, 5.74) is 11.7. The maximum atomic E-state index is 13.5. The molecule has 0 spiro atoms. The number of aromatic carboxylic acids is 1. The number of hydrogen-bond acceptors (Lipinski definition) is 4. The van der Waals surface area contributed by atoms with Gasteiger partial charge in [0, 0.05) is 48.4 Å². The molecule has 0 saturated carbocycles. The first kappa shape index (κ1) is 29.2. The zero-order chi connectivity index (χ0) is 27.8. The first-order chi connectivity index (χ1) is 18.3. The van der Waals surface area contributed by atoms with Crippen LogP contribution in [0.3, 0.4) is 0 Å². The fourth-order valence-corrected chi connectivity index (χ4v) is 5.13. The van der Waals surface area contributed by atoms with Crippen LogP contribution in [0.15, 0.2) is 41.6 Å². The van der Waals surface area contributed by atoms with Gasteiger partial charge in [-0.1, -0.05) is 59.1 Å². The molecule has 7 heteroatoms. The normalized spacial score (nSPS) is 18.4. The minimum absolute atomic E-state index is 0.0248. The molecule has 1 amide bonds. The summed E-state index contributed by atoms with van der Waals surface area (Å²) in [5.74, 6) is -0.788. The average Bonchev–Trinajstić information content (AvgIpc) is 3.15. The van der Waals surface area contributed by atoms with Crippen molar-refractivity contribution in [3.05, 3.63) is 58.4 Å². The van der Waals surface area contributed by atoms with Gasteiger partial charge in [0.15, 0.2) is 0 Å². The molecule has 0 radical (unpaired) electrons. The molecule has 3 N–H and O–H groups in total. The molecule has 3 heterocycles. The Morgan fingerprint density at radius 1 is 1.16 bits per heavy atom. The van der Waals surface area contributed by atoms with E-state index in [2.05, 4.69) is 27.7 Å². The van der Waals surface area contributed by atoms with Crippen molar-refractivity contribution in [3.63, 3.8) is 0 Å². The third-order valence-corrected chi connectivity index (χ3v) is 7.46. The molecule has 0 aliphatic carbocycles. The Kier molecular flexibility index (Phi) is 10.4. The van der Waals surface area contributed by atoms with Crippen molar-refractivity contribution in [3.8, 4) is 0 Å². The fraction of sp³-hybridized carbons (Fsp3) is 0.484. The minimum Gasteiger partial charge on any atom is -0.478 e. The van der Waals surface area contributed by atoms with Gasteiger partial charge < -0.3 is 25.0 Å². The van der Waals surface area contributed by atoms with Gasteiger partial charge in [-0.15, -0.1) is 0 Å². The van der Waals surface area contributed by atoms with Crippen molar-refractivity contribution in [2.45, 2.75) is 72.6 Å². The topological polar surface area (TPSA) is 97.8 Å². The number of ether oxygens (including phenoxy) is 1. The molecule has 2 aliphatic rings. The molecule has 1 unspecified atom stereocenters. The van der Waals surface area contributed by atoms with E-state index in [1.165, 1.54) is 19.3 Å². The second kappa shape index (κ2) is 13.5. The highest BCUT2D eigenvalue weighted by Gasteiger charge is 2.30. The number of fused-ring (bicyclic) bond motifs is 3. The molecule has 1 aromatic carbocycles. The Balaban J connectivity index is 0.000000732. The summed E-state index contributed by atoms with van der Waals surface area (Å²) in [6.45, 7) is 12.9. The quantitative estimate of drug-likeness (QED) is 0.458. The van der Waals surface area contributed by atoms with E-state index in [4.69, 9.17) is 10.5 Å². The van der Waals surface area contributed by atoms with E-state index in [0.717, 1.165) is 39.7 Å². The monoisotopic (exact) mass is 521 g/mol. The van der Waals surface area contributed by atoms with Crippen LogP contribution in [0.2, 0.25) is 0 Å². The molecule has 206 valence electrons. The molecule has 2 aliphatic heterocycles. The van der Waals surface area contributed by atoms with Crippen LogP contribution in [0.25, 0.3) is 22.7 Å². The first-order valence-electron chi connectivity index (χ1n) is 13.9. The van der Waals surface area contributed by atoms with Gasteiger partial charge in [0.05, 0.1) is 30.0 Å². The van der Waals surface area contributed by atoms with E-state index in [1.807, 2.05) is 34.7 Å². The van der Waals surface area contributed by atoms with Crippen molar-refractivity contribution >= 4 is 34.6 Å². The lowest BCUT2D eigenvalue weighted by Crippen LogP contribution is -2.41. The number of aromatic nitrogens is 1. The summed E-state index contributed by atoms with van der Waals surface area (Å²) in [6.07, 6.45) is 11.0. The number of amides is 1. The summed E-state index contributed by atoms with van der Waals surface area (Å²) < 4.78 is 7.40. The fourth-order valence-electron chi connectivity index (χ4n) is 5.13. The number of carbonyl (C=O) groups excluding carboxylic acids is 1. The molecule has 1 aromatic heterocycles. The highest BCUT2D eigenvalue weighted by molar-refractivity contribution is 6.04. The van der Waals surface area contributed by atoms with Crippen molar-refractivity contribution in [1.82, 2.24) is 9.47 Å². The zero-order valence-electron chi connectivity index (χ0n) is 23.5. The zero-order valence-corrected chi connectivity index (χ0v) is 23.5. The Bertz CT molecular complexity index is 1240. The molecule has 4 rings (SSSR count). The average molecular weight is 522 g/mol. The predicted octanol–water partition coefficient (Wildman–Crippen LogP) is 6.40. The summed E-state index contributed by atoms with van der Waals surface area (Å²) in [7, 11) is 0. The van der Waals surface area contributed by atoms with Crippen LogP contribution in [0, 0.1) is 0 Å². The van der Waals surface area contributed by atoms with E-state index >= 15 is 0 Å². The highest BCUT2D eigenvalue weighted by atomic mass is 16.5. The largest absolute Gasteiger partial charge is 0.478 e. The lowest BCUT2D eigenvalue weighted by atomic mass is 9.89. The lowest BCUT2D eigenvalue weighted by molar-refractivity contribution is -0.131. The van der Waals surface area contributed by atoms with Crippen LogP contribution >= 0.6 is 0 Å². The number of hydrogen-bond donors (Lipinski definition) is 2. The molecule has 0 bridgehead atoms. The van der Waals surface area contributed by atoms with Gasteiger partial charge in [-0.05, 0) is 42.5 Å². The first-order valence-corrected chi connectivity index (χ1v) is 13.9. The second-order valence-corrected chi connectivity index (χ2v) is 9.96. The number of carboxylic acid groups (broad SMARTS) is 1. The maximum absolute atomic E-state index is 13.5. The van der Waals surface area contributed by atoms with E-state index < -0.39 is 5.97 Å². The van der Waals surface area contributed by atoms with Crippen molar-refractivity contribution < 1.29 is 19.4 Å². The Morgan fingerprint density at radius 2 is 1.84 bits per heavy atom. The molecule has 38 heavy (non-hydrogen) atoms. The van der Waals surface area contributed by atoms with Gasteiger partial charge >= 0.3 is 5.97 Å². The molecular formula is C31H43N3O4. The molecule has 2 aromatic rings. The van der Waals surface area contributed by atoms with Crippen LogP contribution < -0.4 is 5.73 Å². The van der Waals surface area contributed by atoms with Gasteiger partial charge in [-0.2, -0.15) is 0 Å². The molecule has 1 atom stereocenters. The number of benzene rings is 1. The number of morpholine rings is 1. The van der Waals surface area contributed by atoms with Crippen LogP contribution in [0.5, 0.6) is 0 Å². The van der Waals surface area contributed by atoms with Crippen molar-refractivity contribution in [2.24, 2.45) is 5.73 Å². The van der Waals surface area contributed by atoms with Gasteiger partial charge in [0.25, 0.3) is 5.91 Å². The van der Waals surface area contributed by atoms with E-state index in [9.17, 15) is 14.7 Å². The third kappa shape index (κ3) is 6.04. The van der Waals surface area contributed by atoms with Crippen molar-refractivity contribution in [1.29, 1.82) is 0 Å². The standard InChI is InChI=1S/C26H31N3O4.C5H12/c1-4-16(3)23-20-7-6-18(26(31)32)13-22(20)29-15-19(25(30)28-8-10-33-11-9-28)12-17(5-2)21(14-27)24(23)29;1-3-5-4-2/h5-7,13-16H,4,8-12,27H2,1-3H3,(H,31,32);3-5H2,1-2H3/b17-5-,21-14+;. The van der Waals surface area contributed by atoms with Crippen molar-refractivity contribution in [2.75, 3.05) is 26.3 Å². The van der Waals surface area contributed by atoms with Gasteiger partial charge in [-0.3, -0.25) is 4.79 Å². The van der Waals surface area contributed by atoms with Crippen LogP contribution in [-0.4, -0.2) is 52.8 Å². The number of carboxylic acids is 1. The highest BCUT2D eigenvalue weighted by Crippen LogP contribution is 2.43. The van der Waals surface area contributed by atoms with Gasteiger partial charge in [-0.25, -0.2) is 4.79 Å². The van der Waals surface area contributed by atoms with Crippen LogP contribution in [0.4, 0.5) is 0 Å². The summed E-state index contributed by atoms with van der Waals surface area (Å²) in [4.78, 5) is 27.1. The van der Waals surface area contributed by atoms with E-state index in [0.29, 0.717) is 38.3 Å². The number of nitrogens with zero attached hydrogens (tertiary/aromatic N) is 2. The third-order valence-electron chi connectivity index (χ3n) is 7.46. The van der Waals surface area contributed by atoms with E-state index in [-0.39, 0.29) is 17.4 Å². The number of rotatable bonds is 6. The summed E-state index contributed by atoms with van der Waals surface area (Å²) in [6, 6.07) is 5.21. The Morgan fingerprint density at radius 3 is 2.37 bits per heavy atom. The molecular weight excluding hydrogens is 478 g/mol. The summed E-state index contributed by atoms with van der Waals surface area (Å²) >= 11 is 0. The minimum atomic E-state index is -0.983. The smallest absolute Gasteiger partial charge is 0.335 e. The van der Waals surface area contributed by atoms with Crippen LogP contribution in [-0.2, 0) is 9.53 Å².